The summed E-state index contributed by atoms with van der Waals surface area (Å²) >= 11 is 0. The van der Waals surface area contributed by atoms with Gasteiger partial charge in [-0.3, -0.25) is 0 Å². The fourth-order valence-corrected chi connectivity index (χ4v) is 8.98. The minimum Gasteiger partial charge on any atom is -0.477 e. The highest BCUT2D eigenvalue weighted by Crippen LogP contribution is 2.42. The minimum atomic E-state index is -0.0915. The molecular formula is C39H46O3P2. The van der Waals surface area contributed by atoms with Crippen molar-refractivity contribution in [1.82, 2.24) is 0 Å². The summed E-state index contributed by atoms with van der Waals surface area (Å²) in [6.07, 6.45) is 10.5. The quantitative estimate of drug-likeness (QED) is 0.164. The third-order valence-corrected chi connectivity index (χ3v) is 10.9. The van der Waals surface area contributed by atoms with E-state index in [4.69, 9.17) is 13.6 Å². The molecule has 0 amide bonds. The molecule has 0 saturated carbocycles. The Hall–Kier alpha value is -2.86. The third kappa shape index (κ3) is 6.85. The van der Waals surface area contributed by atoms with Crippen LogP contribution < -0.4 is 13.6 Å². The Kier molecular flexibility index (Phi) is 9.95. The Morgan fingerprint density at radius 3 is 1.86 bits per heavy atom. The fourth-order valence-electron chi connectivity index (χ4n) is 7.25. The molecule has 0 spiro atoms. The third-order valence-electron chi connectivity index (χ3n) is 9.46. The molecule has 5 heteroatoms. The van der Waals surface area contributed by atoms with Crippen LogP contribution in [0.3, 0.4) is 0 Å². The highest BCUT2D eigenvalue weighted by atomic mass is 31.1. The van der Waals surface area contributed by atoms with E-state index >= 15 is 0 Å². The van der Waals surface area contributed by atoms with Crippen LogP contribution in [0.4, 0.5) is 0 Å². The molecule has 0 aromatic heterocycles. The molecule has 0 heterocycles. The van der Waals surface area contributed by atoms with Gasteiger partial charge in [-0.05, 0) is 136 Å². The van der Waals surface area contributed by atoms with Crippen LogP contribution in [0.25, 0.3) is 0 Å². The Balaban J connectivity index is 1.23. The summed E-state index contributed by atoms with van der Waals surface area (Å²) in [6.45, 7) is 11.1. The van der Waals surface area contributed by atoms with Crippen molar-refractivity contribution in [2.24, 2.45) is 0 Å². The second-order valence-electron chi connectivity index (χ2n) is 12.8. The standard InChI is InChI=1S/C39H46O3P2/c1-25-20-27(3)36(24-43-40-37-18-10-14-30-12-6-8-16-32(30)37)34(22-25)29(5)35-23-26(2)21-28(4)39(35)42-44-41-38-19-11-15-31-13-7-9-17-33(31)38/h10-11,14-15,18-23,29,43-44H,6-9,12-13,16-17,24H2,1-5H3. The smallest absolute Gasteiger partial charge is 0.275 e. The van der Waals surface area contributed by atoms with Gasteiger partial charge in [-0.15, -0.1) is 0 Å². The van der Waals surface area contributed by atoms with Gasteiger partial charge in [-0.2, -0.15) is 0 Å². The molecule has 0 aliphatic heterocycles. The SMILES string of the molecule is Cc1cc(C)c(CPOc2cccc3c2CCCC3)c(C(C)c2cc(C)cc(C)c2OPOc2cccc3c2CCCC3)c1. The maximum absolute atomic E-state index is 6.54. The molecule has 2 aliphatic rings. The van der Waals surface area contributed by atoms with Gasteiger partial charge >= 0.3 is 0 Å². The van der Waals surface area contributed by atoms with Crippen molar-refractivity contribution in [1.29, 1.82) is 0 Å². The lowest BCUT2D eigenvalue weighted by molar-refractivity contribution is 0.500. The summed E-state index contributed by atoms with van der Waals surface area (Å²) in [4.78, 5) is 0. The van der Waals surface area contributed by atoms with E-state index in [2.05, 4.69) is 95.3 Å². The van der Waals surface area contributed by atoms with Crippen molar-refractivity contribution in [2.45, 2.75) is 98.1 Å². The zero-order valence-electron chi connectivity index (χ0n) is 26.9. The van der Waals surface area contributed by atoms with Crippen LogP contribution in [0, 0.1) is 27.7 Å². The predicted molar refractivity (Wildman–Crippen MR) is 188 cm³/mol. The average Bonchev–Trinajstić information content (AvgIpc) is 3.02. The lowest BCUT2D eigenvalue weighted by atomic mass is 9.85. The molecule has 4 aromatic rings. The lowest BCUT2D eigenvalue weighted by Crippen LogP contribution is -2.07. The summed E-state index contributed by atoms with van der Waals surface area (Å²) in [6, 6.07) is 22.3. The monoisotopic (exact) mass is 624 g/mol. The molecule has 0 fully saturated rings. The fraction of sp³-hybridized carbons (Fsp3) is 0.385. The van der Waals surface area contributed by atoms with E-state index in [0.717, 1.165) is 48.2 Å². The normalized spacial score (nSPS) is 15.4. The summed E-state index contributed by atoms with van der Waals surface area (Å²) in [7, 11) is 0.286. The molecule has 44 heavy (non-hydrogen) atoms. The van der Waals surface area contributed by atoms with Crippen LogP contribution in [-0.2, 0) is 31.8 Å². The van der Waals surface area contributed by atoms with Gasteiger partial charge in [0.25, 0.3) is 9.03 Å². The molecule has 0 saturated heterocycles. The summed E-state index contributed by atoms with van der Waals surface area (Å²) < 4.78 is 19.4. The van der Waals surface area contributed by atoms with E-state index in [1.54, 1.807) is 0 Å². The van der Waals surface area contributed by atoms with E-state index in [9.17, 15) is 0 Å². The second kappa shape index (κ2) is 14.1. The van der Waals surface area contributed by atoms with Crippen LogP contribution in [0.2, 0.25) is 0 Å². The van der Waals surface area contributed by atoms with E-state index < -0.39 is 0 Å². The van der Waals surface area contributed by atoms with Crippen LogP contribution in [0.5, 0.6) is 17.2 Å². The van der Waals surface area contributed by atoms with Crippen molar-refractivity contribution >= 4 is 17.8 Å². The van der Waals surface area contributed by atoms with Crippen LogP contribution in [0.15, 0.2) is 60.7 Å². The van der Waals surface area contributed by atoms with Gasteiger partial charge in [-0.25, -0.2) is 0 Å². The first-order valence-corrected chi connectivity index (χ1v) is 18.2. The van der Waals surface area contributed by atoms with E-state index in [-0.39, 0.29) is 15.0 Å². The first kappa shape index (κ1) is 31.1. The predicted octanol–water partition coefficient (Wildman–Crippen LogP) is 11.0. The maximum Gasteiger partial charge on any atom is 0.275 e. The molecule has 3 nitrogen and oxygen atoms in total. The van der Waals surface area contributed by atoms with E-state index in [1.165, 1.54) is 87.7 Å². The van der Waals surface area contributed by atoms with E-state index in [0.29, 0.717) is 8.81 Å². The second-order valence-corrected chi connectivity index (χ2v) is 14.2. The molecule has 0 N–H and O–H groups in total. The first-order chi connectivity index (χ1) is 21.4. The Morgan fingerprint density at radius 1 is 0.636 bits per heavy atom. The zero-order chi connectivity index (χ0) is 30.6. The number of fused-ring (bicyclic) bond motifs is 2. The van der Waals surface area contributed by atoms with Crippen molar-refractivity contribution in [3.8, 4) is 17.2 Å². The largest absolute Gasteiger partial charge is 0.477 e. The van der Waals surface area contributed by atoms with Gasteiger partial charge in [0.1, 0.15) is 17.2 Å². The molecule has 6 rings (SSSR count). The number of rotatable bonds is 10. The van der Waals surface area contributed by atoms with Crippen molar-refractivity contribution in [3.63, 3.8) is 0 Å². The molecule has 2 aliphatic carbocycles. The Labute approximate surface area is 267 Å². The number of benzene rings is 4. The number of hydrogen-bond donors (Lipinski definition) is 0. The molecule has 3 atom stereocenters. The van der Waals surface area contributed by atoms with Crippen LogP contribution in [-0.4, -0.2) is 0 Å². The first-order valence-electron chi connectivity index (χ1n) is 16.3. The summed E-state index contributed by atoms with van der Waals surface area (Å²) in [5, 5.41) is 0. The molecule has 4 aromatic carbocycles. The lowest BCUT2D eigenvalue weighted by Gasteiger charge is -2.24. The topological polar surface area (TPSA) is 27.7 Å². The van der Waals surface area contributed by atoms with Gasteiger partial charge in [0.2, 0.25) is 0 Å². The molecule has 230 valence electrons. The summed E-state index contributed by atoms with van der Waals surface area (Å²) in [5.41, 5.74) is 14.7. The highest BCUT2D eigenvalue weighted by Gasteiger charge is 2.22. The molecule has 0 bridgehead atoms. The van der Waals surface area contributed by atoms with Gasteiger partial charge in [-0.1, -0.05) is 66.6 Å². The minimum absolute atomic E-state index is 0.0915. The van der Waals surface area contributed by atoms with Crippen LogP contribution >= 0.6 is 17.8 Å². The zero-order valence-corrected chi connectivity index (χ0v) is 28.9. The average molecular weight is 625 g/mol. The van der Waals surface area contributed by atoms with Crippen LogP contribution in [0.1, 0.15) is 99.7 Å². The van der Waals surface area contributed by atoms with Gasteiger partial charge in [0.15, 0.2) is 0 Å². The maximum atomic E-state index is 6.54. The number of hydrogen-bond acceptors (Lipinski definition) is 3. The van der Waals surface area contributed by atoms with Gasteiger partial charge in [0.05, 0.1) is 8.81 Å². The number of aryl methyl sites for hydroxylation is 6. The van der Waals surface area contributed by atoms with E-state index in [1.807, 2.05) is 0 Å². The Morgan fingerprint density at radius 2 is 1.20 bits per heavy atom. The van der Waals surface area contributed by atoms with Gasteiger partial charge in [0, 0.05) is 17.6 Å². The molecular weight excluding hydrogens is 578 g/mol. The molecule has 3 unspecified atom stereocenters. The van der Waals surface area contributed by atoms with Crippen molar-refractivity contribution < 1.29 is 13.6 Å². The molecule has 0 radical (unpaired) electrons. The Bertz CT molecular complexity index is 1520. The summed E-state index contributed by atoms with van der Waals surface area (Å²) in [5.74, 6) is 3.19. The van der Waals surface area contributed by atoms with Crippen molar-refractivity contribution in [3.05, 3.63) is 122 Å². The highest BCUT2D eigenvalue weighted by molar-refractivity contribution is 7.31. The van der Waals surface area contributed by atoms with Gasteiger partial charge < -0.3 is 13.6 Å². The van der Waals surface area contributed by atoms with Crippen molar-refractivity contribution in [2.75, 3.05) is 0 Å².